The number of aliphatic imine (C=N–C) groups is 1. The van der Waals surface area contributed by atoms with E-state index in [2.05, 4.69) is 27.4 Å². The lowest BCUT2D eigenvalue weighted by atomic mass is 10.1. The van der Waals surface area contributed by atoms with Crippen molar-refractivity contribution in [3.63, 3.8) is 0 Å². The lowest BCUT2D eigenvalue weighted by Gasteiger charge is -2.32. The highest BCUT2D eigenvalue weighted by atomic mass is 127. The average molecular weight is 571 g/mol. The molecule has 13 heteroatoms. The van der Waals surface area contributed by atoms with Crippen LogP contribution in [0.4, 0.5) is 13.2 Å². The van der Waals surface area contributed by atoms with Gasteiger partial charge >= 0.3 is 15.5 Å². The number of nitrogens with one attached hydrogen (secondary N) is 2. The molecule has 2 rings (SSSR count). The first-order chi connectivity index (χ1) is 13.6. The Kier molecular flexibility index (Phi) is 11.6. The molecule has 0 aromatic heterocycles. The largest absolute Gasteiger partial charge is 0.511 e. The lowest BCUT2D eigenvalue weighted by molar-refractivity contribution is -0.0494. The number of alkyl halides is 3. The van der Waals surface area contributed by atoms with Crippen LogP contribution in [0.2, 0.25) is 0 Å². The summed E-state index contributed by atoms with van der Waals surface area (Å²) in [5.74, 6) is 0.959. The molecule has 0 aromatic carbocycles. The fraction of sp³-hybridized carbons (Fsp3) is 0.941. The van der Waals surface area contributed by atoms with Crippen LogP contribution in [0.25, 0.3) is 0 Å². The molecule has 2 saturated heterocycles. The Labute approximate surface area is 194 Å². The van der Waals surface area contributed by atoms with E-state index >= 15 is 0 Å². The fourth-order valence-electron chi connectivity index (χ4n) is 3.43. The summed E-state index contributed by atoms with van der Waals surface area (Å²) in [6, 6.07) is -0.123. The van der Waals surface area contributed by atoms with Crippen molar-refractivity contribution in [2.75, 3.05) is 59.0 Å². The second kappa shape index (κ2) is 12.6. The lowest BCUT2D eigenvalue weighted by Crippen LogP contribution is -2.51. The summed E-state index contributed by atoms with van der Waals surface area (Å²) in [7, 11) is -5.25. The van der Waals surface area contributed by atoms with Gasteiger partial charge in [-0.3, -0.25) is 9.89 Å². The third kappa shape index (κ3) is 8.28. The van der Waals surface area contributed by atoms with Crippen molar-refractivity contribution in [2.24, 2.45) is 10.9 Å². The van der Waals surface area contributed by atoms with Gasteiger partial charge in [-0.05, 0) is 25.7 Å². The van der Waals surface area contributed by atoms with Crippen LogP contribution in [-0.2, 0) is 14.8 Å². The van der Waals surface area contributed by atoms with E-state index in [1.165, 1.54) is 0 Å². The zero-order valence-electron chi connectivity index (χ0n) is 17.4. The quantitative estimate of drug-likeness (QED) is 0.274. The molecular weight excluding hydrogens is 538 g/mol. The minimum atomic E-state index is -5.25. The van der Waals surface area contributed by atoms with E-state index < -0.39 is 15.5 Å². The van der Waals surface area contributed by atoms with Gasteiger partial charge in [0.05, 0.1) is 13.2 Å². The SMILES string of the molecule is CCNC(=NCC(C)CN1CCOCC1)NC1CCN(S(=O)(=O)C(F)(F)F)CC1.I. The number of nitrogens with zero attached hydrogens (tertiary/aromatic N) is 3. The van der Waals surface area contributed by atoms with Gasteiger partial charge in [0, 0.05) is 51.9 Å². The number of halogens is 4. The van der Waals surface area contributed by atoms with Gasteiger partial charge in [-0.25, -0.2) is 8.42 Å². The third-order valence-electron chi connectivity index (χ3n) is 5.01. The van der Waals surface area contributed by atoms with Crippen molar-refractivity contribution >= 4 is 40.0 Å². The first-order valence-corrected chi connectivity index (χ1v) is 11.5. The van der Waals surface area contributed by atoms with Gasteiger partial charge in [-0.2, -0.15) is 17.5 Å². The molecule has 2 aliphatic rings. The number of piperidine rings is 1. The molecule has 2 aliphatic heterocycles. The molecule has 2 fully saturated rings. The number of hydrogen-bond acceptors (Lipinski definition) is 5. The second-order valence-corrected chi connectivity index (χ2v) is 9.44. The Morgan fingerprint density at radius 1 is 1.20 bits per heavy atom. The Bertz CT molecular complexity index is 637. The number of rotatable bonds is 7. The molecule has 2 N–H and O–H groups in total. The van der Waals surface area contributed by atoms with E-state index in [1.807, 2.05) is 6.92 Å². The molecule has 0 saturated carbocycles. The van der Waals surface area contributed by atoms with E-state index in [-0.39, 0.29) is 43.1 Å². The van der Waals surface area contributed by atoms with Gasteiger partial charge in [0.25, 0.3) is 0 Å². The van der Waals surface area contributed by atoms with Crippen LogP contribution < -0.4 is 10.6 Å². The van der Waals surface area contributed by atoms with Gasteiger partial charge in [-0.15, -0.1) is 24.0 Å². The van der Waals surface area contributed by atoms with Crippen LogP contribution in [0, 0.1) is 5.92 Å². The van der Waals surface area contributed by atoms with Gasteiger partial charge in [0.2, 0.25) is 0 Å². The maximum atomic E-state index is 12.7. The molecule has 2 heterocycles. The molecule has 8 nitrogen and oxygen atoms in total. The van der Waals surface area contributed by atoms with Crippen molar-refractivity contribution < 1.29 is 26.3 Å². The Morgan fingerprint density at radius 3 is 2.33 bits per heavy atom. The normalized spacial score (nSPS) is 21.7. The summed E-state index contributed by atoms with van der Waals surface area (Å²) in [5.41, 5.74) is -5.25. The number of guanidine groups is 1. The second-order valence-electron chi connectivity index (χ2n) is 7.51. The zero-order valence-corrected chi connectivity index (χ0v) is 20.6. The van der Waals surface area contributed by atoms with Gasteiger partial charge in [0.1, 0.15) is 0 Å². The Morgan fingerprint density at radius 2 is 1.80 bits per heavy atom. The molecule has 178 valence electrons. The summed E-state index contributed by atoms with van der Waals surface area (Å²) < 4.78 is 66.9. The first kappa shape index (κ1) is 27.7. The molecular formula is C17H33F3IN5O3S. The van der Waals surface area contributed by atoms with Crippen LogP contribution in [0.1, 0.15) is 26.7 Å². The van der Waals surface area contributed by atoms with Crippen molar-refractivity contribution in [1.82, 2.24) is 19.8 Å². The molecule has 1 unspecified atom stereocenters. The molecule has 0 aliphatic carbocycles. The first-order valence-electron chi connectivity index (χ1n) is 10.0. The highest BCUT2D eigenvalue weighted by Gasteiger charge is 2.50. The number of ether oxygens (including phenoxy) is 1. The summed E-state index contributed by atoms with van der Waals surface area (Å²) in [6.07, 6.45) is 0.589. The summed E-state index contributed by atoms with van der Waals surface area (Å²) >= 11 is 0. The minimum Gasteiger partial charge on any atom is -0.379 e. The Hall–Kier alpha value is -0.380. The van der Waals surface area contributed by atoms with Crippen molar-refractivity contribution in [3.8, 4) is 0 Å². The molecule has 1 atom stereocenters. The van der Waals surface area contributed by atoms with E-state index in [0.717, 1.165) is 32.8 Å². The Balaban J connectivity index is 0.00000450. The third-order valence-corrected chi connectivity index (χ3v) is 6.64. The van der Waals surface area contributed by atoms with Gasteiger partial charge in [-0.1, -0.05) is 6.92 Å². The van der Waals surface area contributed by atoms with E-state index in [1.54, 1.807) is 0 Å². The minimum absolute atomic E-state index is 0. The fourth-order valence-corrected chi connectivity index (χ4v) is 4.41. The smallest absolute Gasteiger partial charge is 0.379 e. The van der Waals surface area contributed by atoms with Crippen LogP contribution in [0.15, 0.2) is 4.99 Å². The van der Waals surface area contributed by atoms with Crippen molar-refractivity contribution in [1.29, 1.82) is 0 Å². The van der Waals surface area contributed by atoms with Crippen molar-refractivity contribution in [3.05, 3.63) is 0 Å². The molecule has 0 radical (unpaired) electrons. The van der Waals surface area contributed by atoms with Crippen LogP contribution >= 0.6 is 24.0 Å². The maximum Gasteiger partial charge on any atom is 0.511 e. The van der Waals surface area contributed by atoms with Crippen LogP contribution in [0.3, 0.4) is 0 Å². The highest BCUT2D eigenvalue weighted by molar-refractivity contribution is 14.0. The molecule has 30 heavy (non-hydrogen) atoms. The van der Waals surface area contributed by atoms with Crippen LogP contribution in [-0.4, -0.2) is 94.2 Å². The number of morpholine rings is 1. The van der Waals surface area contributed by atoms with E-state index in [4.69, 9.17) is 4.74 Å². The molecule has 0 aromatic rings. The molecule has 0 spiro atoms. The summed E-state index contributed by atoms with van der Waals surface area (Å²) in [5, 5.41) is 6.38. The topological polar surface area (TPSA) is 86.3 Å². The average Bonchev–Trinajstić information content (AvgIpc) is 2.66. The highest BCUT2D eigenvalue weighted by Crippen LogP contribution is 2.28. The van der Waals surface area contributed by atoms with Crippen molar-refractivity contribution in [2.45, 2.75) is 38.2 Å². The van der Waals surface area contributed by atoms with E-state index in [9.17, 15) is 21.6 Å². The molecule has 0 bridgehead atoms. The maximum absolute atomic E-state index is 12.7. The number of sulfonamides is 1. The van der Waals surface area contributed by atoms with E-state index in [0.29, 0.717) is 42.1 Å². The summed E-state index contributed by atoms with van der Waals surface area (Å²) in [4.78, 5) is 6.95. The molecule has 0 amide bonds. The zero-order chi connectivity index (χ0) is 21.5. The predicted octanol–water partition coefficient (Wildman–Crippen LogP) is 1.44. The summed E-state index contributed by atoms with van der Waals surface area (Å²) in [6.45, 7) is 9.30. The number of hydrogen-bond donors (Lipinski definition) is 2. The van der Waals surface area contributed by atoms with Gasteiger partial charge in [0.15, 0.2) is 5.96 Å². The standard InChI is InChI=1S/C17H32F3N5O3S.HI/c1-3-21-16(22-12-14(2)13-24-8-10-28-11-9-24)23-15-4-6-25(7-5-15)29(26,27)17(18,19)20;/h14-15H,3-13H2,1-2H3,(H2,21,22,23);1H. The van der Waals surface area contributed by atoms with Gasteiger partial charge < -0.3 is 15.4 Å². The monoisotopic (exact) mass is 571 g/mol. The predicted molar refractivity (Wildman–Crippen MR) is 121 cm³/mol. The van der Waals surface area contributed by atoms with Crippen LogP contribution in [0.5, 0.6) is 0 Å².